The van der Waals surface area contributed by atoms with Crippen LogP contribution in [0.15, 0.2) is 47.5 Å². The van der Waals surface area contributed by atoms with E-state index >= 15 is 0 Å². The van der Waals surface area contributed by atoms with Gasteiger partial charge >= 0.3 is 6.18 Å². The van der Waals surface area contributed by atoms with Crippen molar-refractivity contribution >= 4 is 38.8 Å². The van der Waals surface area contributed by atoms with Crippen LogP contribution in [0.25, 0.3) is 21.3 Å². The smallest absolute Gasteiger partial charge is 0.394 e. The summed E-state index contributed by atoms with van der Waals surface area (Å²) in [5.74, 6) is 0. The molecule has 3 aromatic heterocycles. The number of anilines is 1. The average molecular weight is 630 g/mol. The number of pyridine rings is 1. The highest BCUT2D eigenvalue weighted by Gasteiger charge is 2.64. The first-order valence-corrected chi connectivity index (χ1v) is 15.7. The van der Waals surface area contributed by atoms with Crippen LogP contribution in [0.4, 0.5) is 18.9 Å². The quantitative estimate of drug-likeness (QED) is 0.286. The van der Waals surface area contributed by atoms with Gasteiger partial charge in [0, 0.05) is 63.6 Å². The van der Waals surface area contributed by atoms with E-state index in [1.165, 1.54) is 27.8 Å². The SMILES string of the molecule is C[C@]1(CO)C[C@H](N2CCCc3cc(Cl)cc(-c4ccnc5cc(Cn6ncc(C7(C(F)(F)F)CC7)cc6=O)sc45)c32)CN1. The van der Waals surface area contributed by atoms with Crippen molar-refractivity contribution in [3.05, 3.63) is 74.1 Å². The summed E-state index contributed by atoms with van der Waals surface area (Å²) in [6, 6.07) is 9.24. The summed E-state index contributed by atoms with van der Waals surface area (Å²) >= 11 is 8.17. The number of nitrogens with one attached hydrogen (secondary N) is 1. The Morgan fingerprint density at radius 1 is 1.21 bits per heavy atom. The number of aryl methyl sites for hydroxylation is 1. The van der Waals surface area contributed by atoms with Crippen LogP contribution >= 0.6 is 22.9 Å². The zero-order valence-corrected chi connectivity index (χ0v) is 25.1. The van der Waals surface area contributed by atoms with Gasteiger partial charge in [0.1, 0.15) is 0 Å². The van der Waals surface area contributed by atoms with E-state index in [0.29, 0.717) is 5.02 Å². The number of hydrogen-bond acceptors (Lipinski definition) is 7. The molecule has 1 aromatic carbocycles. The molecule has 2 N–H and O–H groups in total. The number of benzene rings is 1. The molecule has 0 spiro atoms. The molecule has 2 aliphatic heterocycles. The van der Waals surface area contributed by atoms with Crippen LogP contribution in [-0.2, 0) is 18.4 Å². The third-order valence-electron chi connectivity index (χ3n) is 9.30. The van der Waals surface area contributed by atoms with Gasteiger partial charge in [-0.1, -0.05) is 11.6 Å². The lowest BCUT2D eigenvalue weighted by Gasteiger charge is -2.38. The Bertz CT molecular complexity index is 1790. The minimum absolute atomic E-state index is 0.0188. The van der Waals surface area contributed by atoms with Crippen LogP contribution in [0.1, 0.15) is 48.6 Å². The van der Waals surface area contributed by atoms with E-state index in [-0.39, 0.29) is 43.1 Å². The fourth-order valence-corrected chi connectivity index (χ4v) is 8.14. The fraction of sp³-hybridized carbons (Fsp3) is 0.452. The van der Waals surface area contributed by atoms with E-state index in [1.54, 1.807) is 6.20 Å². The molecule has 1 aliphatic carbocycles. The molecule has 0 unspecified atom stereocenters. The summed E-state index contributed by atoms with van der Waals surface area (Å²) in [6.07, 6.45) is 1.27. The zero-order valence-electron chi connectivity index (χ0n) is 23.5. The first-order valence-electron chi connectivity index (χ1n) is 14.5. The molecule has 1 saturated heterocycles. The Kier molecular flexibility index (Phi) is 6.88. The van der Waals surface area contributed by atoms with Gasteiger partial charge in [-0.3, -0.25) is 9.78 Å². The Morgan fingerprint density at radius 2 is 2.02 bits per heavy atom. The normalized spacial score (nSPS) is 23.1. The molecule has 0 amide bonds. The molecule has 2 atom stereocenters. The van der Waals surface area contributed by atoms with Crippen molar-refractivity contribution in [2.75, 3.05) is 24.6 Å². The Hall–Kier alpha value is -2.99. The predicted molar refractivity (Wildman–Crippen MR) is 162 cm³/mol. The van der Waals surface area contributed by atoms with Gasteiger partial charge < -0.3 is 15.3 Å². The van der Waals surface area contributed by atoms with Gasteiger partial charge in [-0.05, 0) is 74.4 Å². The molecule has 43 heavy (non-hydrogen) atoms. The van der Waals surface area contributed by atoms with Crippen molar-refractivity contribution in [2.24, 2.45) is 0 Å². The molecule has 12 heteroatoms. The highest BCUT2D eigenvalue weighted by molar-refractivity contribution is 7.19. The summed E-state index contributed by atoms with van der Waals surface area (Å²) in [7, 11) is 0. The molecule has 0 radical (unpaired) electrons. The van der Waals surface area contributed by atoms with Crippen LogP contribution < -0.4 is 15.8 Å². The summed E-state index contributed by atoms with van der Waals surface area (Å²) in [6.45, 7) is 3.93. The lowest BCUT2D eigenvalue weighted by Crippen LogP contribution is -2.41. The Labute approximate surface area is 255 Å². The lowest BCUT2D eigenvalue weighted by atomic mass is 9.91. The van der Waals surface area contributed by atoms with Crippen LogP contribution in [0.5, 0.6) is 0 Å². The molecule has 4 aromatic rings. The maximum Gasteiger partial charge on any atom is 0.398 e. The number of aromatic nitrogens is 3. The Morgan fingerprint density at radius 3 is 2.72 bits per heavy atom. The number of hydrogen-bond donors (Lipinski definition) is 2. The van der Waals surface area contributed by atoms with E-state index in [9.17, 15) is 23.1 Å². The van der Waals surface area contributed by atoms with E-state index < -0.39 is 17.2 Å². The van der Waals surface area contributed by atoms with Gasteiger partial charge in [-0.2, -0.15) is 18.3 Å². The van der Waals surface area contributed by atoms with Crippen molar-refractivity contribution in [1.29, 1.82) is 0 Å². The van der Waals surface area contributed by atoms with Crippen molar-refractivity contribution in [3.63, 3.8) is 0 Å². The predicted octanol–water partition coefficient (Wildman–Crippen LogP) is 5.68. The van der Waals surface area contributed by atoms with E-state index in [2.05, 4.69) is 20.3 Å². The first kappa shape index (κ1) is 28.8. The van der Waals surface area contributed by atoms with E-state index in [1.807, 2.05) is 31.2 Å². The average Bonchev–Trinajstić information content (AvgIpc) is 3.56. The number of nitrogens with zero attached hydrogens (tertiary/aromatic N) is 4. The number of fused-ring (bicyclic) bond motifs is 2. The first-order chi connectivity index (χ1) is 20.5. The topological polar surface area (TPSA) is 83.3 Å². The standard InChI is InChI=1S/C31H31ClF3N5O2S/c1-29(17-41)13-21(15-37-29)39-8-2-3-18-9-20(32)11-24(27(18)39)23-4-7-36-25-12-22(43-28(23)25)16-40-26(42)10-19(14-38-40)30(5-6-30)31(33,34)35/h4,7,9-12,14,21,37,41H,2-3,5-6,8,13,15-17H2,1H3/t21-,29+/m0/s1. The number of alkyl halides is 3. The van der Waals surface area contributed by atoms with Crippen LogP contribution in [0, 0.1) is 0 Å². The highest BCUT2D eigenvalue weighted by atomic mass is 35.5. The summed E-state index contributed by atoms with van der Waals surface area (Å²) in [5, 5.41) is 18.2. The third-order valence-corrected chi connectivity index (χ3v) is 10.7. The van der Waals surface area contributed by atoms with Gasteiger partial charge in [0.25, 0.3) is 5.56 Å². The molecule has 7 rings (SSSR count). The van der Waals surface area contributed by atoms with Gasteiger partial charge in [0.15, 0.2) is 0 Å². The maximum absolute atomic E-state index is 13.6. The monoisotopic (exact) mass is 629 g/mol. The number of aliphatic hydroxyl groups is 1. The van der Waals surface area contributed by atoms with Crippen molar-refractivity contribution in [1.82, 2.24) is 20.1 Å². The summed E-state index contributed by atoms with van der Waals surface area (Å²) < 4.78 is 42.9. The molecule has 7 nitrogen and oxygen atoms in total. The second kappa shape index (κ2) is 10.3. The number of thiophene rings is 1. The second-order valence-corrected chi connectivity index (χ2v) is 13.9. The highest BCUT2D eigenvalue weighted by Crippen LogP contribution is 2.58. The van der Waals surface area contributed by atoms with Crippen molar-refractivity contribution in [3.8, 4) is 11.1 Å². The molecule has 0 bridgehead atoms. The van der Waals surface area contributed by atoms with Gasteiger partial charge in [-0.15, -0.1) is 11.3 Å². The number of halogens is 4. The van der Waals surface area contributed by atoms with Crippen LogP contribution in [-0.4, -0.2) is 57.3 Å². The molecular weight excluding hydrogens is 599 g/mol. The lowest BCUT2D eigenvalue weighted by molar-refractivity contribution is -0.160. The van der Waals surface area contributed by atoms with Crippen LogP contribution in [0.2, 0.25) is 5.02 Å². The van der Waals surface area contributed by atoms with E-state index in [4.69, 9.17) is 11.6 Å². The molecule has 226 valence electrons. The molecule has 5 heterocycles. The minimum Gasteiger partial charge on any atom is -0.394 e. The fourth-order valence-electron chi connectivity index (χ4n) is 6.78. The molecular formula is C31H31ClF3N5O2S. The van der Waals surface area contributed by atoms with Gasteiger partial charge in [0.05, 0.1) is 35.0 Å². The van der Waals surface area contributed by atoms with Crippen molar-refractivity contribution < 1.29 is 18.3 Å². The maximum atomic E-state index is 13.6. The second-order valence-electron chi connectivity index (χ2n) is 12.3. The van der Waals surface area contributed by atoms with E-state index in [0.717, 1.165) is 70.3 Å². The number of rotatable bonds is 6. The molecule has 3 aliphatic rings. The summed E-state index contributed by atoms with van der Waals surface area (Å²) in [4.78, 5) is 20.7. The molecule has 1 saturated carbocycles. The van der Waals surface area contributed by atoms with Crippen molar-refractivity contribution in [2.45, 2.75) is 68.7 Å². The largest absolute Gasteiger partial charge is 0.398 e. The Balaban J connectivity index is 1.25. The molecule has 2 fully saturated rings. The zero-order chi connectivity index (χ0) is 30.1. The van der Waals surface area contributed by atoms with Gasteiger partial charge in [-0.25, -0.2) is 4.68 Å². The van der Waals surface area contributed by atoms with Crippen LogP contribution in [0.3, 0.4) is 0 Å². The summed E-state index contributed by atoms with van der Waals surface area (Å²) in [5.41, 5.74) is 2.23. The van der Waals surface area contributed by atoms with Gasteiger partial charge in [0.2, 0.25) is 0 Å². The third kappa shape index (κ3) is 4.94. The number of aliphatic hydroxyl groups excluding tert-OH is 1. The minimum atomic E-state index is -4.40.